The molecule has 3 amide bonds. The van der Waals surface area contributed by atoms with Gasteiger partial charge < -0.3 is 20.1 Å². The third-order valence-corrected chi connectivity index (χ3v) is 5.74. The van der Waals surface area contributed by atoms with Crippen molar-refractivity contribution in [3.63, 3.8) is 0 Å². The van der Waals surface area contributed by atoms with Gasteiger partial charge in [0.05, 0.1) is 5.69 Å². The van der Waals surface area contributed by atoms with Crippen LogP contribution in [0.25, 0.3) is 0 Å². The fraction of sp³-hybridized carbons (Fsp3) is 0.429. The van der Waals surface area contributed by atoms with Gasteiger partial charge in [-0.1, -0.05) is 24.1 Å². The summed E-state index contributed by atoms with van der Waals surface area (Å²) in [6.45, 7) is 7.98. The number of rotatable bonds is 5. The third-order valence-electron chi connectivity index (χ3n) is 5.74. The Morgan fingerprint density at radius 1 is 1.05 bits per heavy atom. The zero-order valence-corrected chi connectivity index (χ0v) is 22.0. The standard InChI is InChI=1S/C28H34N4O5/c1-19(32(5)27(35)37-28(2,3)4)25(33)31-24-14-13-23(30-26(34)21-15-17-36-18-16-21)22(29-24)12-11-20-9-7-6-8-10-20/h6-10,13-14,19,21H,15-18H2,1-5H3,(H,30,34)(H,29,31,33). The second kappa shape index (κ2) is 12.4. The molecule has 0 radical (unpaired) electrons. The fourth-order valence-corrected chi connectivity index (χ4v) is 3.47. The average Bonchev–Trinajstić information content (AvgIpc) is 2.87. The van der Waals surface area contributed by atoms with Crippen molar-refractivity contribution in [1.82, 2.24) is 9.88 Å². The van der Waals surface area contributed by atoms with Crippen LogP contribution in [0, 0.1) is 17.8 Å². The maximum absolute atomic E-state index is 12.9. The van der Waals surface area contributed by atoms with Crippen LogP contribution in [0.1, 0.15) is 51.8 Å². The number of ether oxygens (including phenoxy) is 2. The highest BCUT2D eigenvalue weighted by atomic mass is 16.6. The number of likely N-dealkylation sites (N-methyl/N-ethyl adjacent to an activating group) is 1. The van der Waals surface area contributed by atoms with Crippen molar-refractivity contribution in [2.75, 3.05) is 30.9 Å². The number of amides is 3. The number of hydrogen-bond donors (Lipinski definition) is 2. The van der Waals surface area contributed by atoms with Crippen LogP contribution >= 0.6 is 0 Å². The first-order valence-corrected chi connectivity index (χ1v) is 12.3. The Hall–Kier alpha value is -3.90. The molecule has 1 aliphatic heterocycles. The molecular formula is C28H34N4O5. The lowest BCUT2D eigenvalue weighted by Gasteiger charge is -2.28. The summed E-state index contributed by atoms with van der Waals surface area (Å²) in [5.41, 5.74) is 0.875. The molecule has 9 nitrogen and oxygen atoms in total. The van der Waals surface area contributed by atoms with Gasteiger partial charge in [-0.05, 0) is 70.7 Å². The fourth-order valence-electron chi connectivity index (χ4n) is 3.47. The van der Waals surface area contributed by atoms with Gasteiger partial charge in [-0.3, -0.25) is 14.5 Å². The molecule has 196 valence electrons. The molecule has 2 N–H and O–H groups in total. The van der Waals surface area contributed by atoms with Gasteiger partial charge in [0.15, 0.2) is 0 Å². The van der Waals surface area contributed by atoms with Gasteiger partial charge in [-0.25, -0.2) is 9.78 Å². The van der Waals surface area contributed by atoms with E-state index in [0.717, 1.165) is 5.56 Å². The lowest BCUT2D eigenvalue weighted by Crippen LogP contribution is -2.45. The summed E-state index contributed by atoms with van der Waals surface area (Å²) >= 11 is 0. The Balaban J connectivity index is 1.80. The number of carbonyl (C=O) groups excluding carboxylic acids is 3. The van der Waals surface area contributed by atoms with Crippen molar-refractivity contribution >= 4 is 29.4 Å². The number of pyridine rings is 1. The van der Waals surface area contributed by atoms with E-state index in [4.69, 9.17) is 9.47 Å². The van der Waals surface area contributed by atoms with E-state index < -0.39 is 23.6 Å². The zero-order chi connectivity index (χ0) is 27.0. The molecule has 9 heteroatoms. The minimum Gasteiger partial charge on any atom is -0.444 e. The van der Waals surface area contributed by atoms with Crippen LogP contribution in [-0.4, -0.2) is 59.7 Å². The average molecular weight is 507 g/mol. The number of nitrogens with zero attached hydrogens (tertiary/aromatic N) is 2. The van der Waals surface area contributed by atoms with Crippen LogP contribution in [0.2, 0.25) is 0 Å². The second-order valence-corrected chi connectivity index (χ2v) is 9.84. The predicted molar refractivity (Wildman–Crippen MR) is 141 cm³/mol. The first-order valence-electron chi connectivity index (χ1n) is 12.3. The molecule has 2 heterocycles. The molecule has 1 fully saturated rings. The summed E-state index contributed by atoms with van der Waals surface area (Å²) in [6, 6.07) is 11.8. The molecular weight excluding hydrogens is 472 g/mol. The molecule has 2 aromatic rings. The lowest BCUT2D eigenvalue weighted by molar-refractivity contribution is -0.122. The summed E-state index contributed by atoms with van der Waals surface area (Å²) in [4.78, 5) is 43.8. The summed E-state index contributed by atoms with van der Waals surface area (Å²) in [5.74, 6) is 5.60. The van der Waals surface area contributed by atoms with E-state index in [-0.39, 0.29) is 17.6 Å². The minimum atomic E-state index is -0.816. The Kier molecular flexibility index (Phi) is 9.25. The van der Waals surface area contributed by atoms with Crippen LogP contribution in [-0.2, 0) is 19.1 Å². The van der Waals surface area contributed by atoms with Crippen molar-refractivity contribution in [2.24, 2.45) is 5.92 Å². The van der Waals surface area contributed by atoms with Crippen LogP contribution in [0.15, 0.2) is 42.5 Å². The summed E-state index contributed by atoms with van der Waals surface area (Å²) < 4.78 is 10.7. The molecule has 1 unspecified atom stereocenters. The van der Waals surface area contributed by atoms with Crippen molar-refractivity contribution in [2.45, 2.75) is 52.2 Å². The second-order valence-electron chi connectivity index (χ2n) is 9.84. The number of carbonyl (C=O) groups is 3. The first-order chi connectivity index (χ1) is 17.5. The highest BCUT2D eigenvalue weighted by Gasteiger charge is 2.27. The van der Waals surface area contributed by atoms with E-state index in [1.165, 1.54) is 11.9 Å². The number of anilines is 2. The molecule has 3 rings (SSSR count). The number of nitrogens with one attached hydrogen (secondary N) is 2. The molecule has 1 aromatic carbocycles. The summed E-state index contributed by atoms with van der Waals surface area (Å²) in [5, 5.41) is 5.66. The third kappa shape index (κ3) is 8.33. The largest absolute Gasteiger partial charge is 0.444 e. The summed E-state index contributed by atoms with van der Waals surface area (Å²) in [7, 11) is 1.50. The van der Waals surface area contributed by atoms with Crippen LogP contribution in [0.4, 0.5) is 16.3 Å². The first kappa shape index (κ1) is 27.7. The van der Waals surface area contributed by atoms with E-state index in [1.54, 1.807) is 39.8 Å². The molecule has 0 saturated carbocycles. The highest BCUT2D eigenvalue weighted by Crippen LogP contribution is 2.21. The van der Waals surface area contributed by atoms with Crippen molar-refractivity contribution in [3.05, 3.63) is 53.7 Å². The van der Waals surface area contributed by atoms with Gasteiger partial charge >= 0.3 is 6.09 Å². The molecule has 1 aliphatic rings. The van der Waals surface area contributed by atoms with E-state index >= 15 is 0 Å². The SMILES string of the molecule is CC(C(=O)Nc1ccc(NC(=O)C2CCOCC2)c(C#Cc2ccccc2)n1)N(C)C(=O)OC(C)(C)C. The predicted octanol–water partition coefficient (Wildman–Crippen LogP) is 4.04. The normalized spacial score (nSPS) is 14.5. The number of aromatic nitrogens is 1. The number of hydrogen-bond acceptors (Lipinski definition) is 6. The monoisotopic (exact) mass is 506 g/mol. The van der Waals surface area contributed by atoms with Gasteiger partial charge in [-0.15, -0.1) is 0 Å². The molecule has 0 bridgehead atoms. The molecule has 1 saturated heterocycles. The quantitative estimate of drug-likeness (QED) is 0.593. The van der Waals surface area contributed by atoms with Crippen LogP contribution in [0.5, 0.6) is 0 Å². The van der Waals surface area contributed by atoms with Crippen molar-refractivity contribution in [3.8, 4) is 11.8 Å². The molecule has 0 spiro atoms. The Morgan fingerprint density at radius 3 is 2.38 bits per heavy atom. The molecule has 37 heavy (non-hydrogen) atoms. The van der Waals surface area contributed by atoms with E-state index in [9.17, 15) is 14.4 Å². The zero-order valence-electron chi connectivity index (χ0n) is 22.0. The van der Waals surface area contributed by atoms with Gasteiger partial charge in [0, 0.05) is 31.7 Å². The van der Waals surface area contributed by atoms with Crippen molar-refractivity contribution in [1.29, 1.82) is 0 Å². The van der Waals surface area contributed by atoms with Gasteiger partial charge in [0.1, 0.15) is 23.2 Å². The Labute approximate surface area is 217 Å². The van der Waals surface area contributed by atoms with Gasteiger partial charge in [0.25, 0.3) is 0 Å². The molecule has 0 aliphatic carbocycles. The highest BCUT2D eigenvalue weighted by molar-refractivity contribution is 5.96. The smallest absolute Gasteiger partial charge is 0.410 e. The number of benzene rings is 1. The topological polar surface area (TPSA) is 110 Å². The van der Waals surface area contributed by atoms with E-state index in [2.05, 4.69) is 27.5 Å². The molecule has 1 aromatic heterocycles. The Bertz CT molecular complexity index is 1170. The minimum absolute atomic E-state index is 0.114. The summed E-state index contributed by atoms with van der Waals surface area (Å²) in [6.07, 6.45) is 0.701. The van der Waals surface area contributed by atoms with Crippen molar-refractivity contribution < 1.29 is 23.9 Å². The van der Waals surface area contributed by atoms with Crippen LogP contribution < -0.4 is 10.6 Å². The Morgan fingerprint density at radius 2 is 1.73 bits per heavy atom. The maximum Gasteiger partial charge on any atom is 0.410 e. The van der Waals surface area contributed by atoms with E-state index in [1.807, 2.05) is 30.3 Å². The van der Waals surface area contributed by atoms with Crippen LogP contribution in [0.3, 0.4) is 0 Å². The van der Waals surface area contributed by atoms with Gasteiger partial charge in [-0.2, -0.15) is 0 Å². The maximum atomic E-state index is 12.9. The lowest BCUT2D eigenvalue weighted by atomic mass is 9.99. The van der Waals surface area contributed by atoms with Gasteiger partial charge in [0.2, 0.25) is 11.8 Å². The molecule has 1 atom stereocenters. The van der Waals surface area contributed by atoms with E-state index in [0.29, 0.717) is 37.4 Å².